The standard InChI is InChI=1S/C16H30O3/c1-3-5-7-9-13(15-11-17-15)19-14(16-12-18-16)10-8-6-4-2/h13-16H,3-12H2,1-2H3. The van der Waals surface area contributed by atoms with Crippen molar-refractivity contribution < 1.29 is 14.2 Å². The molecule has 2 aliphatic rings. The van der Waals surface area contributed by atoms with E-state index in [2.05, 4.69) is 13.8 Å². The molecule has 2 saturated heterocycles. The second-order valence-corrected chi connectivity index (χ2v) is 5.95. The van der Waals surface area contributed by atoms with Crippen LogP contribution in [0, 0.1) is 0 Å². The lowest BCUT2D eigenvalue weighted by Crippen LogP contribution is -2.30. The first-order valence-corrected chi connectivity index (χ1v) is 8.23. The van der Waals surface area contributed by atoms with Crippen LogP contribution in [0.25, 0.3) is 0 Å². The monoisotopic (exact) mass is 270 g/mol. The van der Waals surface area contributed by atoms with Crippen molar-refractivity contribution in [1.82, 2.24) is 0 Å². The second-order valence-electron chi connectivity index (χ2n) is 5.95. The maximum absolute atomic E-state index is 6.34. The van der Waals surface area contributed by atoms with E-state index in [9.17, 15) is 0 Å². The lowest BCUT2D eigenvalue weighted by Gasteiger charge is -2.23. The summed E-state index contributed by atoms with van der Waals surface area (Å²) in [4.78, 5) is 0. The molecule has 4 unspecified atom stereocenters. The van der Waals surface area contributed by atoms with Crippen molar-refractivity contribution >= 4 is 0 Å². The average Bonchev–Trinajstić information content (AvgIpc) is 3.29. The Bertz CT molecular complexity index is 212. The minimum atomic E-state index is 0.308. The Hall–Kier alpha value is -0.120. The van der Waals surface area contributed by atoms with E-state index in [1.807, 2.05) is 0 Å². The lowest BCUT2D eigenvalue weighted by atomic mass is 10.1. The number of epoxide rings is 2. The highest BCUT2D eigenvalue weighted by Gasteiger charge is 2.39. The van der Waals surface area contributed by atoms with Crippen LogP contribution < -0.4 is 0 Å². The summed E-state index contributed by atoms with van der Waals surface area (Å²) >= 11 is 0. The molecule has 2 rings (SSSR count). The van der Waals surface area contributed by atoms with Gasteiger partial charge in [0.1, 0.15) is 12.2 Å². The van der Waals surface area contributed by atoms with E-state index in [-0.39, 0.29) is 0 Å². The van der Waals surface area contributed by atoms with Gasteiger partial charge in [0.25, 0.3) is 0 Å². The molecule has 0 N–H and O–H groups in total. The van der Waals surface area contributed by atoms with Crippen LogP contribution in [-0.4, -0.2) is 37.6 Å². The van der Waals surface area contributed by atoms with E-state index >= 15 is 0 Å². The van der Waals surface area contributed by atoms with Gasteiger partial charge in [-0.1, -0.05) is 52.4 Å². The van der Waals surface area contributed by atoms with E-state index < -0.39 is 0 Å². The smallest absolute Gasteiger partial charge is 0.107 e. The highest BCUT2D eigenvalue weighted by molar-refractivity contribution is 4.86. The summed E-state index contributed by atoms with van der Waals surface area (Å²) in [6, 6.07) is 0. The zero-order valence-corrected chi connectivity index (χ0v) is 12.6. The van der Waals surface area contributed by atoms with Crippen LogP contribution in [0.15, 0.2) is 0 Å². The molecular weight excluding hydrogens is 240 g/mol. The summed E-state index contributed by atoms with van der Waals surface area (Å²) in [7, 11) is 0. The Balaban J connectivity index is 1.72. The van der Waals surface area contributed by atoms with Crippen molar-refractivity contribution in [1.29, 1.82) is 0 Å². The fraction of sp³-hybridized carbons (Fsp3) is 1.00. The van der Waals surface area contributed by atoms with Crippen LogP contribution in [-0.2, 0) is 14.2 Å². The molecule has 2 heterocycles. The van der Waals surface area contributed by atoms with Gasteiger partial charge in [-0.2, -0.15) is 0 Å². The second kappa shape index (κ2) is 8.23. The fourth-order valence-corrected chi connectivity index (χ4v) is 2.64. The molecular formula is C16H30O3. The molecule has 19 heavy (non-hydrogen) atoms. The third kappa shape index (κ3) is 5.80. The molecule has 0 aromatic carbocycles. The molecule has 0 saturated carbocycles. The van der Waals surface area contributed by atoms with Crippen molar-refractivity contribution in [2.75, 3.05) is 13.2 Å². The number of hydrogen-bond acceptors (Lipinski definition) is 3. The summed E-state index contributed by atoms with van der Waals surface area (Å²) in [5.74, 6) is 0. The molecule has 0 aromatic heterocycles. The lowest BCUT2D eigenvalue weighted by molar-refractivity contribution is -0.0468. The van der Waals surface area contributed by atoms with Crippen molar-refractivity contribution in [3.63, 3.8) is 0 Å². The van der Waals surface area contributed by atoms with Crippen LogP contribution >= 0.6 is 0 Å². The van der Waals surface area contributed by atoms with Gasteiger partial charge in [-0.05, 0) is 12.8 Å². The first-order valence-electron chi connectivity index (χ1n) is 8.23. The normalized spacial score (nSPS) is 28.1. The minimum Gasteiger partial charge on any atom is -0.370 e. The number of rotatable bonds is 12. The molecule has 0 aromatic rings. The molecule has 4 atom stereocenters. The highest BCUT2D eigenvalue weighted by Crippen LogP contribution is 2.29. The van der Waals surface area contributed by atoms with Crippen LogP contribution in [0.5, 0.6) is 0 Å². The maximum atomic E-state index is 6.34. The maximum Gasteiger partial charge on any atom is 0.107 e. The van der Waals surface area contributed by atoms with Gasteiger partial charge in [-0.15, -0.1) is 0 Å². The third-order valence-electron chi connectivity index (χ3n) is 4.08. The first kappa shape index (κ1) is 15.3. The molecule has 2 fully saturated rings. The van der Waals surface area contributed by atoms with Crippen LogP contribution in [0.4, 0.5) is 0 Å². The number of hydrogen-bond donors (Lipinski definition) is 0. The van der Waals surface area contributed by atoms with Crippen molar-refractivity contribution in [2.24, 2.45) is 0 Å². The molecule has 0 radical (unpaired) electrons. The van der Waals surface area contributed by atoms with Crippen molar-refractivity contribution in [2.45, 2.75) is 89.6 Å². The van der Waals surface area contributed by atoms with E-state index in [1.165, 1.54) is 38.5 Å². The predicted molar refractivity (Wildman–Crippen MR) is 76.4 cm³/mol. The predicted octanol–water partition coefficient (Wildman–Crippen LogP) is 3.70. The van der Waals surface area contributed by atoms with Gasteiger partial charge >= 0.3 is 0 Å². The number of ether oxygens (including phenoxy) is 3. The van der Waals surface area contributed by atoms with E-state index in [1.54, 1.807) is 0 Å². The molecule has 2 aliphatic heterocycles. The molecule has 0 spiro atoms. The Labute approximate surface area is 118 Å². The summed E-state index contributed by atoms with van der Waals surface area (Å²) in [6.45, 7) is 6.28. The van der Waals surface area contributed by atoms with Crippen LogP contribution in [0.3, 0.4) is 0 Å². The van der Waals surface area contributed by atoms with Gasteiger partial charge in [0.2, 0.25) is 0 Å². The van der Waals surface area contributed by atoms with Gasteiger partial charge in [-0.3, -0.25) is 0 Å². The Morgan fingerprint density at radius 3 is 1.58 bits per heavy atom. The van der Waals surface area contributed by atoms with Crippen molar-refractivity contribution in [3.8, 4) is 0 Å². The first-order chi connectivity index (χ1) is 9.35. The quantitative estimate of drug-likeness (QED) is 0.400. The Morgan fingerprint density at radius 2 is 1.26 bits per heavy atom. The number of unbranched alkanes of at least 4 members (excludes halogenated alkanes) is 4. The van der Waals surface area contributed by atoms with Gasteiger partial charge in [-0.25, -0.2) is 0 Å². The largest absolute Gasteiger partial charge is 0.370 e. The molecule has 3 heteroatoms. The van der Waals surface area contributed by atoms with Gasteiger partial charge in [0.05, 0.1) is 25.4 Å². The molecule has 3 nitrogen and oxygen atoms in total. The minimum absolute atomic E-state index is 0.308. The molecule has 0 amide bonds. The summed E-state index contributed by atoms with van der Waals surface area (Å²) in [5.41, 5.74) is 0. The summed E-state index contributed by atoms with van der Waals surface area (Å²) in [6.07, 6.45) is 11.3. The third-order valence-corrected chi connectivity index (χ3v) is 4.08. The molecule has 0 aliphatic carbocycles. The van der Waals surface area contributed by atoms with E-state index in [0.717, 1.165) is 26.1 Å². The highest BCUT2D eigenvalue weighted by atomic mass is 16.6. The summed E-state index contributed by atoms with van der Waals surface area (Å²) < 4.78 is 17.3. The van der Waals surface area contributed by atoms with E-state index in [4.69, 9.17) is 14.2 Å². The zero-order chi connectivity index (χ0) is 13.5. The van der Waals surface area contributed by atoms with Crippen LogP contribution in [0.1, 0.15) is 65.2 Å². The zero-order valence-electron chi connectivity index (χ0n) is 12.6. The molecule has 0 bridgehead atoms. The SMILES string of the molecule is CCCCCC(OC(CCCCC)C1CO1)C1CO1. The van der Waals surface area contributed by atoms with E-state index in [0.29, 0.717) is 24.4 Å². The van der Waals surface area contributed by atoms with Gasteiger partial charge in [0, 0.05) is 0 Å². The van der Waals surface area contributed by atoms with Gasteiger partial charge in [0.15, 0.2) is 0 Å². The van der Waals surface area contributed by atoms with Gasteiger partial charge < -0.3 is 14.2 Å². The van der Waals surface area contributed by atoms with Crippen LogP contribution in [0.2, 0.25) is 0 Å². The average molecular weight is 270 g/mol. The van der Waals surface area contributed by atoms with Crippen molar-refractivity contribution in [3.05, 3.63) is 0 Å². The molecule has 112 valence electrons. The Kier molecular flexibility index (Phi) is 6.62. The Morgan fingerprint density at radius 1 is 0.842 bits per heavy atom. The topological polar surface area (TPSA) is 34.3 Å². The summed E-state index contributed by atoms with van der Waals surface area (Å²) in [5, 5.41) is 0. The fourth-order valence-electron chi connectivity index (χ4n) is 2.64.